The summed E-state index contributed by atoms with van der Waals surface area (Å²) < 4.78 is 12.1. The molecule has 1 aliphatic heterocycles. The van der Waals surface area contributed by atoms with Gasteiger partial charge in [-0.15, -0.1) is 0 Å². The van der Waals surface area contributed by atoms with E-state index in [0.29, 0.717) is 6.61 Å². The molecule has 0 unspecified atom stereocenters. The Bertz CT molecular complexity index is 837. The maximum atomic E-state index is 11.4. The van der Waals surface area contributed by atoms with Crippen LogP contribution in [0.15, 0.2) is 29.2 Å². The van der Waals surface area contributed by atoms with Gasteiger partial charge in [-0.05, 0) is 37.6 Å². The molecule has 152 valence electrons. The number of nitrogens with zero attached hydrogens (tertiary/aromatic N) is 5. The predicted molar refractivity (Wildman–Crippen MR) is 109 cm³/mol. The van der Waals surface area contributed by atoms with Crippen LogP contribution in [-0.4, -0.2) is 66.1 Å². The van der Waals surface area contributed by atoms with Crippen LogP contribution in [0.2, 0.25) is 5.02 Å². The minimum Gasteiger partial charge on any atom is -0.495 e. The third-order valence-electron chi connectivity index (χ3n) is 4.80. The maximum absolute atomic E-state index is 11.4. The van der Waals surface area contributed by atoms with Crippen molar-refractivity contribution in [3.8, 4) is 11.6 Å². The first kappa shape index (κ1) is 20.4. The highest BCUT2D eigenvalue weighted by Crippen LogP contribution is 2.31. The second-order valence-corrected chi connectivity index (χ2v) is 7.14. The third kappa shape index (κ3) is 5.36. The molecule has 0 amide bonds. The zero-order valence-electron chi connectivity index (χ0n) is 16.3. The quantitative estimate of drug-likeness (QED) is 0.618. The Morgan fingerprint density at radius 1 is 1.18 bits per heavy atom. The number of hydrogen-bond acceptors (Lipinski definition) is 7. The van der Waals surface area contributed by atoms with Gasteiger partial charge in [0.05, 0.1) is 19.4 Å². The van der Waals surface area contributed by atoms with E-state index in [1.165, 1.54) is 10.9 Å². The highest BCUT2D eigenvalue weighted by molar-refractivity contribution is 6.30. The van der Waals surface area contributed by atoms with E-state index < -0.39 is 5.69 Å². The van der Waals surface area contributed by atoms with Gasteiger partial charge in [0, 0.05) is 38.2 Å². The van der Waals surface area contributed by atoms with Crippen molar-refractivity contribution in [2.24, 2.45) is 7.05 Å². The summed E-state index contributed by atoms with van der Waals surface area (Å²) in [6, 6.07) is 5.73. The van der Waals surface area contributed by atoms with E-state index in [-0.39, 0.29) is 5.88 Å². The van der Waals surface area contributed by atoms with Crippen molar-refractivity contribution < 1.29 is 9.47 Å². The van der Waals surface area contributed by atoms with Crippen molar-refractivity contribution in [3.63, 3.8) is 0 Å². The van der Waals surface area contributed by atoms with Crippen LogP contribution in [0.5, 0.6) is 11.6 Å². The lowest BCUT2D eigenvalue weighted by atomic mass is 10.2. The molecule has 0 spiro atoms. The predicted octanol–water partition coefficient (Wildman–Crippen LogP) is 1.82. The van der Waals surface area contributed by atoms with Gasteiger partial charge >= 0.3 is 5.69 Å². The van der Waals surface area contributed by atoms with Crippen LogP contribution in [0.3, 0.4) is 0 Å². The standard InChI is InChI=1S/C19H26ClN5O3/c1-23-19(26)22-18(14-21-23)28-12-4-3-7-24-8-10-25(11-9-24)16-13-15(20)5-6-17(16)27-2/h5-6,13-14H,3-4,7-12H2,1-2H3. The van der Waals surface area contributed by atoms with E-state index in [1.807, 2.05) is 18.2 Å². The number of aromatic nitrogens is 3. The van der Waals surface area contributed by atoms with Crippen LogP contribution in [0.25, 0.3) is 0 Å². The lowest BCUT2D eigenvalue weighted by Crippen LogP contribution is -2.46. The van der Waals surface area contributed by atoms with Crippen molar-refractivity contribution in [2.75, 3.05) is 51.3 Å². The molecule has 1 fully saturated rings. The molecule has 3 rings (SSSR count). The molecular formula is C19H26ClN5O3. The summed E-state index contributed by atoms with van der Waals surface area (Å²) in [7, 11) is 3.24. The van der Waals surface area contributed by atoms with Crippen LogP contribution in [-0.2, 0) is 7.05 Å². The zero-order valence-corrected chi connectivity index (χ0v) is 17.1. The Morgan fingerprint density at radius 3 is 2.68 bits per heavy atom. The highest BCUT2D eigenvalue weighted by atomic mass is 35.5. The van der Waals surface area contributed by atoms with Gasteiger partial charge in [0.2, 0.25) is 5.88 Å². The summed E-state index contributed by atoms with van der Waals surface area (Å²) >= 11 is 6.15. The monoisotopic (exact) mass is 407 g/mol. The van der Waals surface area contributed by atoms with Crippen molar-refractivity contribution in [3.05, 3.63) is 39.9 Å². The van der Waals surface area contributed by atoms with Gasteiger partial charge in [-0.2, -0.15) is 10.1 Å². The fraction of sp³-hybridized carbons (Fsp3) is 0.526. The molecule has 0 aliphatic carbocycles. The van der Waals surface area contributed by atoms with E-state index in [2.05, 4.69) is 19.9 Å². The number of aryl methyl sites for hydroxylation is 1. The first-order chi connectivity index (χ1) is 13.6. The summed E-state index contributed by atoms with van der Waals surface area (Å²) in [6.45, 7) is 5.42. The van der Waals surface area contributed by atoms with E-state index in [9.17, 15) is 4.79 Å². The highest BCUT2D eigenvalue weighted by Gasteiger charge is 2.19. The van der Waals surface area contributed by atoms with Gasteiger partial charge in [0.15, 0.2) is 0 Å². The molecule has 0 bridgehead atoms. The van der Waals surface area contributed by atoms with Crippen molar-refractivity contribution >= 4 is 17.3 Å². The van der Waals surface area contributed by atoms with E-state index in [1.54, 1.807) is 14.2 Å². The number of unbranched alkanes of at least 4 members (excludes halogenated alkanes) is 1. The van der Waals surface area contributed by atoms with Gasteiger partial charge in [-0.3, -0.25) is 4.90 Å². The number of benzene rings is 1. The Balaban J connectivity index is 1.37. The Hall–Kier alpha value is -2.32. The molecule has 2 aromatic rings. The summed E-state index contributed by atoms with van der Waals surface area (Å²) in [5.41, 5.74) is 0.643. The number of rotatable bonds is 8. The number of methoxy groups -OCH3 is 1. The van der Waals surface area contributed by atoms with Gasteiger partial charge in [-0.25, -0.2) is 9.48 Å². The van der Waals surface area contributed by atoms with Crippen LogP contribution >= 0.6 is 11.6 Å². The average Bonchev–Trinajstić information content (AvgIpc) is 2.71. The molecule has 1 aliphatic rings. The zero-order chi connectivity index (χ0) is 19.9. The molecule has 1 saturated heterocycles. The minimum atomic E-state index is -0.410. The minimum absolute atomic E-state index is 0.284. The number of anilines is 1. The first-order valence-electron chi connectivity index (χ1n) is 9.41. The van der Waals surface area contributed by atoms with Crippen LogP contribution < -0.4 is 20.1 Å². The van der Waals surface area contributed by atoms with Crippen LogP contribution in [0.1, 0.15) is 12.8 Å². The molecule has 0 atom stereocenters. The summed E-state index contributed by atoms with van der Waals surface area (Å²) in [6.07, 6.45) is 3.39. The molecule has 9 heteroatoms. The second-order valence-electron chi connectivity index (χ2n) is 6.70. The Labute approximate surface area is 169 Å². The number of piperazine rings is 1. The summed E-state index contributed by atoms with van der Waals surface area (Å²) in [5.74, 6) is 1.14. The van der Waals surface area contributed by atoms with Gasteiger partial charge < -0.3 is 14.4 Å². The molecule has 8 nitrogen and oxygen atoms in total. The van der Waals surface area contributed by atoms with E-state index in [0.717, 1.165) is 62.0 Å². The molecular weight excluding hydrogens is 382 g/mol. The molecule has 0 saturated carbocycles. The van der Waals surface area contributed by atoms with Gasteiger partial charge in [0.25, 0.3) is 0 Å². The summed E-state index contributed by atoms with van der Waals surface area (Å²) in [5, 5.41) is 4.61. The third-order valence-corrected chi connectivity index (χ3v) is 5.03. The smallest absolute Gasteiger partial charge is 0.366 e. The fourth-order valence-electron chi connectivity index (χ4n) is 3.19. The van der Waals surface area contributed by atoms with Gasteiger partial charge in [-0.1, -0.05) is 11.6 Å². The fourth-order valence-corrected chi connectivity index (χ4v) is 3.35. The lowest BCUT2D eigenvalue weighted by molar-refractivity contribution is 0.235. The van der Waals surface area contributed by atoms with Crippen molar-refractivity contribution in [1.82, 2.24) is 19.7 Å². The van der Waals surface area contributed by atoms with E-state index >= 15 is 0 Å². The molecule has 28 heavy (non-hydrogen) atoms. The van der Waals surface area contributed by atoms with Crippen LogP contribution in [0.4, 0.5) is 5.69 Å². The number of ether oxygens (including phenoxy) is 2. The molecule has 0 radical (unpaired) electrons. The summed E-state index contributed by atoms with van der Waals surface area (Å²) in [4.78, 5) is 20.0. The molecule has 1 aromatic heterocycles. The van der Waals surface area contributed by atoms with Gasteiger partial charge in [0.1, 0.15) is 11.9 Å². The van der Waals surface area contributed by atoms with Crippen molar-refractivity contribution in [2.45, 2.75) is 12.8 Å². The van der Waals surface area contributed by atoms with Crippen LogP contribution in [0, 0.1) is 0 Å². The Kier molecular flexibility index (Phi) is 7.11. The number of hydrogen-bond donors (Lipinski definition) is 0. The van der Waals surface area contributed by atoms with E-state index in [4.69, 9.17) is 21.1 Å². The average molecular weight is 408 g/mol. The maximum Gasteiger partial charge on any atom is 0.366 e. The first-order valence-corrected chi connectivity index (χ1v) is 9.78. The lowest BCUT2D eigenvalue weighted by Gasteiger charge is -2.36. The largest absolute Gasteiger partial charge is 0.495 e. The topological polar surface area (TPSA) is 72.7 Å². The Morgan fingerprint density at radius 2 is 1.96 bits per heavy atom. The number of halogens is 1. The normalized spacial score (nSPS) is 14.9. The second kappa shape index (κ2) is 9.75. The molecule has 2 heterocycles. The molecule has 1 aromatic carbocycles. The molecule has 0 N–H and O–H groups in total. The SMILES string of the molecule is COc1ccc(Cl)cc1N1CCN(CCCCOc2cnn(C)c(=O)n2)CC1. The van der Waals surface area contributed by atoms with Crippen molar-refractivity contribution in [1.29, 1.82) is 0 Å².